The molecule has 4 heteroatoms. The highest BCUT2D eigenvalue weighted by atomic mass is 16.6. The normalized spacial score (nSPS) is 14.9. The molecule has 0 aromatic carbocycles. The first-order valence-corrected chi connectivity index (χ1v) is 7.58. The van der Waals surface area contributed by atoms with Crippen LogP contribution >= 0.6 is 0 Å². The van der Waals surface area contributed by atoms with Gasteiger partial charge in [0, 0.05) is 0 Å². The van der Waals surface area contributed by atoms with Crippen LogP contribution < -0.4 is 0 Å². The molecule has 1 fully saturated rings. The minimum atomic E-state index is -0.549. The molecule has 0 aliphatic heterocycles. The van der Waals surface area contributed by atoms with Gasteiger partial charge >= 0.3 is 11.9 Å². The standard InChI is InChI=1S/C14H24O4.C2H6/c1-6-13(2,3)12(16)17-9-11(15)18-14(4,5)10-7-8-10;1-2/h10H,6-9H2,1-5H3;1-2H3. The molecule has 0 radical (unpaired) electrons. The summed E-state index contributed by atoms with van der Waals surface area (Å²) >= 11 is 0. The molecule has 1 aliphatic carbocycles. The zero-order chi connectivity index (χ0) is 16.0. The maximum atomic E-state index is 11.7. The molecule has 0 unspecified atom stereocenters. The largest absolute Gasteiger partial charge is 0.457 e. The molecule has 118 valence electrons. The Morgan fingerprint density at radius 3 is 2.00 bits per heavy atom. The SMILES string of the molecule is CC.CCC(C)(C)C(=O)OCC(=O)OC(C)(C)C1CC1. The van der Waals surface area contributed by atoms with Gasteiger partial charge in [-0.25, -0.2) is 4.79 Å². The smallest absolute Gasteiger partial charge is 0.344 e. The number of hydrogen-bond donors (Lipinski definition) is 0. The molecule has 0 heterocycles. The second-order valence-electron chi connectivity index (χ2n) is 6.17. The Morgan fingerprint density at radius 1 is 1.10 bits per heavy atom. The van der Waals surface area contributed by atoms with Crippen LogP contribution in [-0.2, 0) is 19.1 Å². The second kappa shape index (κ2) is 7.65. The summed E-state index contributed by atoms with van der Waals surface area (Å²) in [7, 11) is 0. The van der Waals surface area contributed by atoms with Crippen molar-refractivity contribution in [3.63, 3.8) is 0 Å². The van der Waals surface area contributed by atoms with E-state index in [0.29, 0.717) is 12.3 Å². The highest BCUT2D eigenvalue weighted by molar-refractivity contribution is 5.79. The van der Waals surface area contributed by atoms with E-state index in [0.717, 1.165) is 12.8 Å². The zero-order valence-corrected chi connectivity index (χ0v) is 14.0. The lowest BCUT2D eigenvalue weighted by Gasteiger charge is -2.25. The molecule has 1 aliphatic rings. The molecule has 0 N–H and O–H groups in total. The van der Waals surface area contributed by atoms with Crippen LogP contribution in [0.4, 0.5) is 0 Å². The number of carbonyl (C=O) groups excluding carboxylic acids is 2. The first-order valence-electron chi connectivity index (χ1n) is 7.58. The molecule has 0 aromatic heterocycles. The van der Waals surface area contributed by atoms with Gasteiger partial charge in [-0.15, -0.1) is 0 Å². The first-order chi connectivity index (χ1) is 9.19. The van der Waals surface area contributed by atoms with E-state index in [1.54, 1.807) is 13.8 Å². The van der Waals surface area contributed by atoms with Gasteiger partial charge < -0.3 is 9.47 Å². The summed E-state index contributed by atoms with van der Waals surface area (Å²) < 4.78 is 10.3. The van der Waals surface area contributed by atoms with Crippen LogP contribution in [0, 0.1) is 11.3 Å². The van der Waals surface area contributed by atoms with E-state index in [1.807, 2.05) is 34.6 Å². The van der Waals surface area contributed by atoms with Gasteiger partial charge in [0.25, 0.3) is 0 Å². The Bertz CT molecular complexity index is 327. The lowest BCUT2D eigenvalue weighted by atomic mass is 9.91. The maximum Gasteiger partial charge on any atom is 0.344 e. The summed E-state index contributed by atoms with van der Waals surface area (Å²) in [5.74, 6) is -0.373. The third-order valence-corrected chi connectivity index (χ3v) is 3.69. The molecular formula is C16H30O4. The van der Waals surface area contributed by atoms with E-state index in [9.17, 15) is 9.59 Å². The average molecular weight is 286 g/mol. The Labute approximate surface area is 123 Å². The van der Waals surface area contributed by atoms with Crippen molar-refractivity contribution in [1.82, 2.24) is 0 Å². The Balaban J connectivity index is 0.00000172. The van der Waals surface area contributed by atoms with Gasteiger partial charge in [0.15, 0.2) is 6.61 Å². The van der Waals surface area contributed by atoms with E-state index < -0.39 is 17.0 Å². The number of hydrogen-bond acceptors (Lipinski definition) is 4. The summed E-state index contributed by atoms with van der Waals surface area (Å²) in [6.07, 6.45) is 2.88. The minimum Gasteiger partial charge on any atom is -0.457 e. The second-order valence-corrected chi connectivity index (χ2v) is 6.17. The predicted octanol–water partition coefficient (Wildman–Crippen LogP) is 3.72. The van der Waals surface area contributed by atoms with Crippen LogP contribution in [0.15, 0.2) is 0 Å². The predicted molar refractivity (Wildman–Crippen MR) is 79.3 cm³/mol. The Morgan fingerprint density at radius 2 is 1.60 bits per heavy atom. The van der Waals surface area contributed by atoms with Gasteiger partial charge in [-0.2, -0.15) is 0 Å². The molecular weight excluding hydrogens is 256 g/mol. The fourth-order valence-electron chi connectivity index (χ4n) is 1.65. The van der Waals surface area contributed by atoms with E-state index in [-0.39, 0.29) is 12.6 Å². The van der Waals surface area contributed by atoms with Gasteiger partial charge in [-0.05, 0) is 52.9 Å². The van der Waals surface area contributed by atoms with E-state index in [2.05, 4.69) is 0 Å². The van der Waals surface area contributed by atoms with Gasteiger partial charge in [-0.3, -0.25) is 4.79 Å². The molecule has 4 nitrogen and oxygen atoms in total. The molecule has 1 rings (SSSR count). The van der Waals surface area contributed by atoms with Crippen molar-refractivity contribution < 1.29 is 19.1 Å². The quantitative estimate of drug-likeness (QED) is 0.698. The molecule has 0 saturated heterocycles. The fraction of sp³-hybridized carbons (Fsp3) is 0.875. The lowest BCUT2D eigenvalue weighted by molar-refractivity contribution is -0.172. The van der Waals surface area contributed by atoms with E-state index in [4.69, 9.17) is 9.47 Å². The molecule has 0 bridgehead atoms. The van der Waals surface area contributed by atoms with Crippen LogP contribution in [0.1, 0.15) is 67.7 Å². The summed E-state index contributed by atoms with van der Waals surface area (Å²) in [6.45, 7) is 13.0. The van der Waals surface area contributed by atoms with Crippen molar-refractivity contribution in [2.24, 2.45) is 11.3 Å². The van der Waals surface area contributed by atoms with Crippen LogP contribution in [0.2, 0.25) is 0 Å². The van der Waals surface area contributed by atoms with Gasteiger partial charge in [0.2, 0.25) is 0 Å². The van der Waals surface area contributed by atoms with Gasteiger partial charge in [-0.1, -0.05) is 20.8 Å². The molecule has 1 saturated carbocycles. The maximum absolute atomic E-state index is 11.7. The van der Waals surface area contributed by atoms with Crippen molar-refractivity contribution in [3.05, 3.63) is 0 Å². The summed E-state index contributed by atoms with van der Waals surface area (Å²) in [5.41, 5.74) is -0.990. The highest BCUT2D eigenvalue weighted by Crippen LogP contribution is 2.41. The summed E-state index contributed by atoms with van der Waals surface area (Å²) in [4.78, 5) is 23.3. The molecule has 0 aromatic rings. The number of carbonyl (C=O) groups is 2. The van der Waals surface area contributed by atoms with Crippen molar-refractivity contribution in [3.8, 4) is 0 Å². The van der Waals surface area contributed by atoms with Gasteiger partial charge in [0.05, 0.1) is 5.41 Å². The lowest BCUT2D eigenvalue weighted by Crippen LogP contribution is -2.34. The van der Waals surface area contributed by atoms with Crippen molar-refractivity contribution in [2.75, 3.05) is 6.61 Å². The van der Waals surface area contributed by atoms with Crippen LogP contribution in [0.3, 0.4) is 0 Å². The third kappa shape index (κ3) is 5.93. The average Bonchev–Trinajstić information content (AvgIpc) is 3.22. The zero-order valence-electron chi connectivity index (χ0n) is 14.0. The van der Waals surface area contributed by atoms with Crippen LogP contribution in [0.25, 0.3) is 0 Å². The Kier molecular flexibility index (Phi) is 7.25. The van der Waals surface area contributed by atoms with Crippen LogP contribution in [0.5, 0.6) is 0 Å². The molecule has 20 heavy (non-hydrogen) atoms. The summed E-state index contributed by atoms with van der Waals surface area (Å²) in [5, 5.41) is 0. The fourth-order valence-corrected chi connectivity index (χ4v) is 1.65. The van der Waals surface area contributed by atoms with Crippen molar-refractivity contribution >= 4 is 11.9 Å². The van der Waals surface area contributed by atoms with Crippen LogP contribution in [-0.4, -0.2) is 24.1 Å². The van der Waals surface area contributed by atoms with E-state index >= 15 is 0 Å². The number of rotatable bonds is 6. The highest BCUT2D eigenvalue weighted by Gasteiger charge is 2.41. The molecule has 0 amide bonds. The van der Waals surface area contributed by atoms with E-state index in [1.165, 1.54) is 0 Å². The molecule has 0 spiro atoms. The topological polar surface area (TPSA) is 52.6 Å². The van der Waals surface area contributed by atoms with Gasteiger partial charge in [0.1, 0.15) is 5.60 Å². The van der Waals surface area contributed by atoms with Crippen molar-refractivity contribution in [1.29, 1.82) is 0 Å². The molecule has 0 atom stereocenters. The summed E-state index contributed by atoms with van der Waals surface area (Å²) in [6, 6.07) is 0. The number of ether oxygens (including phenoxy) is 2. The Hall–Kier alpha value is -1.06. The first kappa shape index (κ1) is 18.9. The minimum absolute atomic E-state index is 0.293. The monoisotopic (exact) mass is 286 g/mol. The third-order valence-electron chi connectivity index (χ3n) is 3.69. The van der Waals surface area contributed by atoms with Crippen molar-refractivity contribution in [2.45, 2.75) is 73.3 Å². The number of esters is 2.